The Hall–Kier alpha value is -3.91. The van der Waals surface area contributed by atoms with Crippen molar-refractivity contribution in [3.8, 4) is 0 Å². The highest BCUT2D eigenvalue weighted by molar-refractivity contribution is 7.89. The van der Waals surface area contributed by atoms with Crippen molar-refractivity contribution < 1.29 is 39.6 Å². The summed E-state index contributed by atoms with van der Waals surface area (Å²) in [6, 6.07) is 13.0. The average Bonchev–Trinajstić information content (AvgIpc) is 3.37. The van der Waals surface area contributed by atoms with Crippen LogP contribution in [0.2, 0.25) is 0 Å². The van der Waals surface area contributed by atoms with Crippen LogP contribution < -0.4 is 5.32 Å². The van der Waals surface area contributed by atoms with Crippen molar-refractivity contribution in [2.24, 2.45) is 0 Å². The molecule has 1 aliphatic rings. The number of alkyl halides is 6. The Morgan fingerprint density at radius 3 is 2.02 bits per heavy atom. The summed E-state index contributed by atoms with van der Waals surface area (Å²) in [4.78, 5) is 20.3. The fourth-order valence-electron chi connectivity index (χ4n) is 4.68. The van der Waals surface area contributed by atoms with Crippen molar-refractivity contribution in [3.63, 3.8) is 0 Å². The molecule has 1 aromatic heterocycles. The first-order chi connectivity index (χ1) is 19.2. The van der Waals surface area contributed by atoms with Gasteiger partial charge in [0.2, 0.25) is 10.0 Å². The number of carbonyl (C=O) groups is 1. The lowest BCUT2D eigenvalue weighted by Crippen LogP contribution is -2.38. The Kier molecular flexibility index (Phi) is 7.32. The van der Waals surface area contributed by atoms with Gasteiger partial charge in [0.25, 0.3) is 5.91 Å². The van der Waals surface area contributed by atoms with Gasteiger partial charge in [-0.1, -0.05) is 12.1 Å². The van der Waals surface area contributed by atoms with Gasteiger partial charge in [-0.3, -0.25) is 4.79 Å². The largest absolute Gasteiger partial charge is 0.416 e. The molecule has 7 nitrogen and oxygen atoms in total. The van der Waals surface area contributed by atoms with Crippen LogP contribution in [0.25, 0.3) is 11.0 Å². The smallest absolute Gasteiger partial charge is 0.342 e. The number of H-pyrrole nitrogens is 1. The number of rotatable bonds is 5. The zero-order chi connectivity index (χ0) is 29.6. The van der Waals surface area contributed by atoms with Crippen molar-refractivity contribution in [1.82, 2.24) is 14.3 Å². The Balaban J connectivity index is 1.26. The third-order valence-electron chi connectivity index (χ3n) is 6.85. The van der Waals surface area contributed by atoms with Crippen LogP contribution in [0, 0.1) is 0 Å². The number of fused-ring (bicyclic) bond motifs is 1. The molecule has 41 heavy (non-hydrogen) atoms. The number of imidazole rings is 1. The molecule has 0 spiro atoms. The zero-order valence-electron chi connectivity index (χ0n) is 21.1. The number of nitrogens with one attached hydrogen (secondary N) is 2. The van der Waals surface area contributed by atoms with Crippen LogP contribution in [-0.4, -0.2) is 41.7 Å². The number of anilines is 1. The molecule has 3 aromatic carbocycles. The molecule has 0 saturated carbocycles. The maximum atomic E-state index is 13.2. The van der Waals surface area contributed by atoms with E-state index in [2.05, 4.69) is 15.3 Å². The summed E-state index contributed by atoms with van der Waals surface area (Å²) in [5.74, 6) is -0.364. The summed E-state index contributed by atoms with van der Waals surface area (Å²) in [5.41, 5.74) is -2.37. The summed E-state index contributed by atoms with van der Waals surface area (Å²) in [7, 11) is -3.89. The van der Waals surface area contributed by atoms with Crippen LogP contribution >= 0.6 is 0 Å². The number of hydrogen-bond acceptors (Lipinski definition) is 4. The molecule has 0 unspecified atom stereocenters. The van der Waals surface area contributed by atoms with Crippen LogP contribution in [0.1, 0.15) is 46.1 Å². The molecule has 0 atom stereocenters. The van der Waals surface area contributed by atoms with E-state index < -0.39 is 45.0 Å². The van der Waals surface area contributed by atoms with Crippen molar-refractivity contribution in [2.75, 3.05) is 18.4 Å². The van der Waals surface area contributed by atoms with Gasteiger partial charge >= 0.3 is 12.4 Å². The molecule has 4 aromatic rings. The third-order valence-corrected chi connectivity index (χ3v) is 8.76. The summed E-state index contributed by atoms with van der Waals surface area (Å²) in [6.07, 6.45) is -9.12. The van der Waals surface area contributed by atoms with Crippen molar-refractivity contribution in [1.29, 1.82) is 0 Å². The number of aromatic amines is 1. The quantitative estimate of drug-likeness (QED) is 0.260. The molecule has 0 radical (unpaired) electrons. The van der Waals surface area contributed by atoms with Gasteiger partial charge in [-0.25, -0.2) is 13.4 Å². The first-order valence-corrected chi connectivity index (χ1v) is 13.8. The Morgan fingerprint density at radius 1 is 0.878 bits per heavy atom. The molecule has 216 valence electrons. The number of sulfonamides is 1. The minimum absolute atomic E-state index is 0.0106. The molecule has 1 fully saturated rings. The minimum atomic E-state index is -5.10. The molecule has 2 N–H and O–H groups in total. The molecular formula is C27H22F6N4O3S. The Bertz CT molecular complexity index is 1630. The number of nitrogens with zero attached hydrogens (tertiary/aromatic N) is 2. The topological polar surface area (TPSA) is 95.2 Å². The number of para-hydroxylation sites is 2. The number of benzene rings is 3. The number of amides is 1. The second-order valence-corrected chi connectivity index (χ2v) is 11.5. The highest BCUT2D eigenvalue weighted by Gasteiger charge is 2.37. The molecule has 0 aliphatic carbocycles. The van der Waals surface area contributed by atoms with Crippen molar-refractivity contribution in [2.45, 2.75) is 36.0 Å². The van der Waals surface area contributed by atoms with Gasteiger partial charge in [0, 0.05) is 30.3 Å². The van der Waals surface area contributed by atoms with E-state index in [1.54, 1.807) is 0 Å². The standard InChI is InChI=1S/C27H22F6N4O3S/c28-26(29,30)18-13-17(14-19(15-18)27(31,32)33)25(38)34-20-5-7-21(8-6-20)41(39,40)37-11-9-16(10-12-37)24-35-22-3-1-2-4-23(22)36-24/h1-8,13-16H,9-12H2,(H,34,38)(H,35,36). The van der Waals surface area contributed by atoms with Crippen LogP contribution in [0.4, 0.5) is 32.0 Å². The fraction of sp³-hybridized carbons (Fsp3) is 0.259. The van der Waals surface area contributed by atoms with Crippen LogP contribution in [0.3, 0.4) is 0 Å². The van der Waals surface area contributed by atoms with Crippen molar-refractivity contribution in [3.05, 3.63) is 89.2 Å². The van der Waals surface area contributed by atoms with E-state index >= 15 is 0 Å². The zero-order valence-corrected chi connectivity index (χ0v) is 21.9. The van der Waals surface area contributed by atoms with Crippen LogP contribution in [0.5, 0.6) is 0 Å². The molecule has 0 bridgehead atoms. The van der Waals surface area contributed by atoms with E-state index in [-0.39, 0.29) is 35.7 Å². The molecule has 1 saturated heterocycles. The van der Waals surface area contributed by atoms with Gasteiger partial charge in [-0.15, -0.1) is 0 Å². The number of hydrogen-bond donors (Lipinski definition) is 2. The van der Waals surface area contributed by atoms with Gasteiger partial charge in [-0.05, 0) is 67.4 Å². The lowest BCUT2D eigenvalue weighted by Gasteiger charge is -2.30. The maximum Gasteiger partial charge on any atom is 0.416 e. The predicted octanol–water partition coefficient (Wildman–Crippen LogP) is 6.42. The molecule has 14 heteroatoms. The van der Waals surface area contributed by atoms with Gasteiger partial charge in [-0.2, -0.15) is 30.6 Å². The predicted molar refractivity (Wildman–Crippen MR) is 138 cm³/mol. The van der Waals surface area contributed by atoms with Gasteiger partial charge in [0.05, 0.1) is 27.1 Å². The highest BCUT2D eigenvalue weighted by atomic mass is 32.2. The third kappa shape index (κ3) is 6.07. The maximum absolute atomic E-state index is 13.2. The Labute approximate surface area is 230 Å². The van der Waals surface area contributed by atoms with Crippen LogP contribution in [-0.2, 0) is 22.4 Å². The lowest BCUT2D eigenvalue weighted by molar-refractivity contribution is -0.143. The second kappa shape index (κ2) is 10.5. The summed E-state index contributed by atoms with van der Waals surface area (Å²) >= 11 is 0. The summed E-state index contributed by atoms with van der Waals surface area (Å²) in [5, 5.41) is 2.22. The fourth-order valence-corrected chi connectivity index (χ4v) is 6.15. The van der Waals surface area contributed by atoms with Gasteiger partial charge < -0.3 is 10.3 Å². The number of halogens is 6. The number of carbonyl (C=O) groups excluding carboxylic acids is 1. The molecule has 2 heterocycles. The monoisotopic (exact) mass is 596 g/mol. The van der Waals surface area contributed by atoms with E-state index in [0.29, 0.717) is 25.0 Å². The first kappa shape index (κ1) is 28.6. The summed E-state index contributed by atoms with van der Waals surface area (Å²) < 4.78 is 106. The lowest BCUT2D eigenvalue weighted by atomic mass is 9.97. The van der Waals surface area contributed by atoms with E-state index in [9.17, 15) is 39.6 Å². The van der Waals surface area contributed by atoms with Gasteiger partial charge in [0.15, 0.2) is 0 Å². The minimum Gasteiger partial charge on any atom is -0.342 e. The van der Waals surface area contributed by atoms with E-state index in [1.807, 2.05) is 24.3 Å². The molecule has 1 amide bonds. The van der Waals surface area contributed by atoms with Crippen molar-refractivity contribution >= 4 is 32.7 Å². The Morgan fingerprint density at radius 2 is 1.46 bits per heavy atom. The van der Waals surface area contributed by atoms with E-state index in [1.165, 1.54) is 28.6 Å². The van der Waals surface area contributed by atoms with E-state index in [4.69, 9.17) is 0 Å². The van der Waals surface area contributed by atoms with E-state index in [0.717, 1.165) is 16.9 Å². The normalized spacial score (nSPS) is 15.8. The molecule has 5 rings (SSSR count). The summed E-state index contributed by atoms with van der Waals surface area (Å²) in [6.45, 7) is 0.499. The molecule has 1 aliphatic heterocycles. The van der Waals surface area contributed by atoms with Crippen LogP contribution in [0.15, 0.2) is 71.6 Å². The molecular weight excluding hydrogens is 574 g/mol. The average molecular weight is 597 g/mol. The van der Waals surface area contributed by atoms with Gasteiger partial charge in [0.1, 0.15) is 5.82 Å². The first-order valence-electron chi connectivity index (χ1n) is 12.4. The SMILES string of the molecule is O=C(Nc1ccc(S(=O)(=O)N2CCC(c3nc4ccccc4[nH]3)CC2)cc1)c1cc(C(F)(F)F)cc(C(F)(F)F)c1. The number of piperidine rings is 1. The highest BCUT2D eigenvalue weighted by Crippen LogP contribution is 2.37. The second-order valence-electron chi connectivity index (χ2n) is 9.59. The number of aromatic nitrogens is 2.